The minimum atomic E-state index is -2.40. The molecule has 0 fully saturated rings. The lowest BCUT2D eigenvalue weighted by atomic mass is 10.5. The van der Waals surface area contributed by atoms with Crippen molar-refractivity contribution >= 4 is 22.9 Å². The van der Waals surface area contributed by atoms with E-state index in [1.807, 2.05) is 0 Å². The largest absolute Gasteiger partial charge is 0.375 e. The van der Waals surface area contributed by atoms with Crippen LogP contribution in [0, 0.1) is 0 Å². The van der Waals surface area contributed by atoms with Crippen molar-refractivity contribution in [2.45, 2.75) is 18.7 Å². The predicted octanol–water partition coefficient (Wildman–Crippen LogP) is 2.71. The Balaban J connectivity index is 2.18. The smallest absolute Gasteiger partial charge is 0.261 e. The first-order valence-electron chi connectivity index (χ1n) is 4.08. The summed E-state index contributed by atoms with van der Waals surface area (Å²) >= 11 is 7.06. The highest BCUT2D eigenvalue weighted by Crippen LogP contribution is 2.15. The van der Waals surface area contributed by atoms with E-state index in [1.165, 1.54) is 11.3 Å². The number of hydrogen-bond donors (Lipinski definition) is 0. The van der Waals surface area contributed by atoms with Crippen LogP contribution in [-0.2, 0) is 17.0 Å². The highest BCUT2D eigenvalue weighted by Gasteiger charge is 2.03. The van der Waals surface area contributed by atoms with Crippen LogP contribution in [0.25, 0.3) is 0 Å². The fourth-order valence-corrected chi connectivity index (χ4v) is 1.84. The molecule has 1 rings (SSSR count). The van der Waals surface area contributed by atoms with Gasteiger partial charge in [0.15, 0.2) is 0 Å². The number of aromatic nitrogens is 1. The topological polar surface area (TPSA) is 22.1 Å². The molecule has 0 bridgehead atoms. The second kappa shape index (κ2) is 6.27. The molecule has 0 saturated carbocycles. The Labute approximate surface area is 89.9 Å². The van der Waals surface area contributed by atoms with Gasteiger partial charge in [0.2, 0.25) is 0 Å². The third kappa shape index (κ3) is 4.30. The number of halogens is 3. The summed E-state index contributed by atoms with van der Waals surface area (Å²) in [5.74, 6) is 0.440. The molecule has 0 radical (unpaired) electrons. The van der Waals surface area contributed by atoms with Crippen molar-refractivity contribution in [3.8, 4) is 0 Å². The molecule has 0 amide bonds. The lowest BCUT2D eigenvalue weighted by molar-refractivity contribution is 0.0187. The second-order valence-corrected chi connectivity index (χ2v) is 4.04. The minimum Gasteiger partial charge on any atom is -0.375 e. The second-order valence-electron chi connectivity index (χ2n) is 2.57. The number of ether oxygens (including phenoxy) is 1. The molecule has 1 aromatic heterocycles. The van der Waals surface area contributed by atoms with Crippen molar-refractivity contribution in [1.29, 1.82) is 0 Å². The molecular formula is C8H10ClF2NOS. The van der Waals surface area contributed by atoms with Crippen LogP contribution >= 0.6 is 22.9 Å². The molecule has 0 aliphatic heterocycles. The van der Waals surface area contributed by atoms with E-state index in [-0.39, 0.29) is 6.61 Å². The van der Waals surface area contributed by atoms with Gasteiger partial charge >= 0.3 is 0 Å². The van der Waals surface area contributed by atoms with E-state index in [4.69, 9.17) is 16.3 Å². The Bertz CT molecular complexity index is 270. The molecule has 0 N–H and O–H groups in total. The van der Waals surface area contributed by atoms with Crippen molar-refractivity contribution in [2.24, 2.45) is 0 Å². The molecule has 1 heterocycles. The fraction of sp³-hybridized carbons (Fsp3) is 0.625. The van der Waals surface area contributed by atoms with E-state index >= 15 is 0 Å². The van der Waals surface area contributed by atoms with Crippen LogP contribution in [0.3, 0.4) is 0 Å². The van der Waals surface area contributed by atoms with Gasteiger partial charge in [-0.05, 0) is 0 Å². The maximum atomic E-state index is 11.7. The number of alkyl halides is 3. The highest BCUT2D eigenvalue weighted by atomic mass is 35.5. The Kier molecular flexibility index (Phi) is 5.29. The van der Waals surface area contributed by atoms with Gasteiger partial charge in [-0.25, -0.2) is 13.8 Å². The van der Waals surface area contributed by atoms with Crippen LogP contribution in [0.1, 0.15) is 9.88 Å². The fourth-order valence-electron chi connectivity index (χ4n) is 0.857. The molecule has 0 aliphatic rings. The van der Waals surface area contributed by atoms with Crippen LogP contribution in [0.2, 0.25) is 0 Å². The van der Waals surface area contributed by atoms with E-state index in [0.717, 1.165) is 9.88 Å². The first-order chi connectivity index (χ1) is 6.72. The molecule has 0 atom stereocenters. The average Bonchev–Trinajstić information content (AvgIpc) is 2.60. The Morgan fingerprint density at radius 1 is 1.57 bits per heavy atom. The zero-order valence-electron chi connectivity index (χ0n) is 7.38. The van der Waals surface area contributed by atoms with Crippen LogP contribution in [0.15, 0.2) is 6.20 Å². The number of thiazole rings is 1. The molecule has 0 aromatic carbocycles. The summed E-state index contributed by atoms with van der Waals surface area (Å²) in [6, 6.07) is 0. The molecule has 14 heavy (non-hydrogen) atoms. The Morgan fingerprint density at radius 2 is 2.36 bits per heavy atom. The first-order valence-corrected chi connectivity index (χ1v) is 5.43. The van der Waals surface area contributed by atoms with Crippen molar-refractivity contribution in [2.75, 3.05) is 13.2 Å². The minimum absolute atomic E-state index is 0.277. The van der Waals surface area contributed by atoms with Crippen molar-refractivity contribution in [3.05, 3.63) is 16.1 Å². The molecule has 0 unspecified atom stereocenters. The highest BCUT2D eigenvalue weighted by molar-refractivity contribution is 7.11. The van der Waals surface area contributed by atoms with E-state index < -0.39 is 13.0 Å². The maximum absolute atomic E-state index is 11.7. The summed E-state index contributed by atoms with van der Waals surface area (Å²) in [5.41, 5.74) is 0. The lowest BCUT2D eigenvalue weighted by Gasteiger charge is -2.00. The third-order valence-corrected chi connectivity index (χ3v) is 2.94. The van der Waals surface area contributed by atoms with Gasteiger partial charge in [-0.3, -0.25) is 0 Å². The summed E-state index contributed by atoms with van der Waals surface area (Å²) in [6.45, 7) is -0.229. The zero-order chi connectivity index (χ0) is 10.4. The van der Waals surface area contributed by atoms with Crippen LogP contribution in [-0.4, -0.2) is 24.6 Å². The molecule has 0 spiro atoms. The zero-order valence-corrected chi connectivity index (χ0v) is 8.95. The van der Waals surface area contributed by atoms with E-state index in [0.29, 0.717) is 12.3 Å². The quantitative estimate of drug-likeness (QED) is 0.564. The van der Waals surface area contributed by atoms with Gasteiger partial charge in [0.1, 0.15) is 6.61 Å². The molecule has 6 heteroatoms. The standard InChI is InChI=1S/C8H10ClF2NOS/c9-3-6-4-12-8(14-6)1-2-13-5-7(10)11/h4,7H,1-3,5H2. The molecule has 80 valence electrons. The van der Waals surface area contributed by atoms with Crippen LogP contribution < -0.4 is 0 Å². The summed E-state index contributed by atoms with van der Waals surface area (Å²) in [4.78, 5) is 5.05. The van der Waals surface area contributed by atoms with E-state index in [9.17, 15) is 8.78 Å². The van der Waals surface area contributed by atoms with E-state index in [2.05, 4.69) is 4.98 Å². The molecule has 1 aromatic rings. The number of rotatable bonds is 6. The van der Waals surface area contributed by atoms with Gasteiger partial charge in [0.25, 0.3) is 6.43 Å². The molecular weight excluding hydrogens is 232 g/mol. The number of hydrogen-bond acceptors (Lipinski definition) is 3. The SMILES string of the molecule is FC(F)COCCc1ncc(CCl)s1. The van der Waals surface area contributed by atoms with Gasteiger partial charge in [-0.2, -0.15) is 0 Å². The maximum Gasteiger partial charge on any atom is 0.261 e. The van der Waals surface area contributed by atoms with E-state index in [1.54, 1.807) is 6.20 Å². The average molecular weight is 242 g/mol. The van der Waals surface area contributed by atoms with Crippen molar-refractivity contribution in [1.82, 2.24) is 4.98 Å². The predicted molar refractivity (Wildman–Crippen MR) is 52.2 cm³/mol. The van der Waals surface area contributed by atoms with Gasteiger partial charge < -0.3 is 4.74 Å². The van der Waals surface area contributed by atoms with Crippen molar-refractivity contribution in [3.63, 3.8) is 0 Å². The van der Waals surface area contributed by atoms with Gasteiger partial charge in [-0.15, -0.1) is 22.9 Å². The summed E-state index contributed by atoms with van der Waals surface area (Å²) in [6.07, 6.45) is -0.140. The normalized spacial score (nSPS) is 11.1. The van der Waals surface area contributed by atoms with Crippen LogP contribution in [0.4, 0.5) is 8.78 Å². The molecule has 0 saturated heterocycles. The monoisotopic (exact) mass is 241 g/mol. The third-order valence-electron chi connectivity index (χ3n) is 1.44. The summed E-state index contributed by atoms with van der Waals surface area (Å²) in [5, 5.41) is 0.870. The number of nitrogens with zero attached hydrogens (tertiary/aromatic N) is 1. The Morgan fingerprint density at radius 3 is 2.93 bits per heavy atom. The lowest BCUT2D eigenvalue weighted by Crippen LogP contribution is -2.06. The van der Waals surface area contributed by atoms with Crippen molar-refractivity contribution < 1.29 is 13.5 Å². The Hall–Kier alpha value is -0.260. The van der Waals surface area contributed by atoms with Gasteiger partial charge in [0, 0.05) is 17.5 Å². The summed E-state index contributed by atoms with van der Waals surface area (Å²) in [7, 11) is 0. The van der Waals surface area contributed by atoms with Gasteiger partial charge in [0.05, 0.1) is 17.5 Å². The van der Waals surface area contributed by atoms with Crippen LogP contribution in [0.5, 0.6) is 0 Å². The molecule has 2 nitrogen and oxygen atoms in total. The van der Waals surface area contributed by atoms with Gasteiger partial charge in [-0.1, -0.05) is 0 Å². The first kappa shape index (κ1) is 11.8. The molecule has 0 aliphatic carbocycles. The summed E-state index contributed by atoms with van der Waals surface area (Å²) < 4.78 is 28.1.